The second-order valence-corrected chi connectivity index (χ2v) is 14.7. The number of aryl methyl sites for hydroxylation is 2. The molecule has 0 aromatic carbocycles. The smallest absolute Gasteiger partial charge is 0.293 e. The number of thiophene rings is 2. The van der Waals surface area contributed by atoms with Crippen LogP contribution in [0.3, 0.4) is 0 Å². The van der Waals surface area contributed by atoms with Crippen molar-refractivity contribution in [3.8, 4) is 21.4 Å². The normalized spacial score (nSPS) is 12.4. The van der Waals surface area contributed by atoms with Gasteiger partial charge in [-0.05, 0) is 94.2 Å². The van der Waals surface area contributed by atoms with Crippen LogP contribution in [-0.2, 0) is 9.47 Å². The molecule has 7 heterocycles. The fourth-order valence-corrected chi connectivity index (χ4v) is 6.98. The molecule has 6 aromatic rings. The Morgan fingerprint density at radius 3 is 1.37 bits per heavy atom. The summed E-state index contributed by atoms with van der Waals surface area (Å²) in [6.07, 6.45) is 0. The molecular weight excluding hydrogens is 804 g/mol. The van der Waals surface area contributed by atoms with Crippen LogP contribution in [0.1, 0.15) is 30.9 Å². The third kappa shape index (κ3) is 9.95. The quantitative estimate of drug-likeness (QED) is 0.167. The van der Waals surface area contributed by atoms with Gasteiger partial charge in [-0.15, -0.1) is 22.7 Å². The van der Waals surface area contributed by atoms with Crippen molar-refractivity contribution < 1.29 is 27.9 Å². The van der Waals surface area contributed by atoms with Crippen molar-refractivity contribution in [3.63, 3.8) is 0 Å². The van der Waals surface area contributed by atoms with Gasteiger partial charge in [-0.1, -0.05) is 0 Å². The van der Waals surface area contributed by atoms with E-state index < -0.39 is 0 Å². The fourth-order valence-electron chi connectivity index (χ4n) is 3.49. The molecule has 0 atom stereocenters. The summed E-state index contributed by atoms with van der Waals surface area (Å²) < 4.78 is 29.7. The summed E-state index contributed by atoms with van der Waals surface area (Å²) in [5, 5.41) is 6.22. The summed E-state index contributed by atoms with van der Waals surface area (Å²) in [6, 6.07) is 14.5. The van der Waals surface area contributed by atoms with Gasteiger partial charge in [0.15, 0.2) is 32.5 Å². The number of hydrogen-bond donors (Lipinski definition) is 2. The minimum absolute atomic E-state index is 0.223. The van der Waals surface area contributed by atoms with E-state index in [-0.39, 0.29) is 23.3 Å². The van der Waals surface area contributed by atoms with Crippen LogP contribution < -0.4 is 10.6 Å². The molecule has 0 spiro atoms. The van der Waals surface area contributed by atoms with Gasteiger partial charge in [0.25, 0.3) is 11.8 Å². The molecule has 1 fully saturated rings. The lowest BCUT2D eigenvalue weighted by Crippen LogP contribution is -2.16. The Hall–Kier alpha value is -3.10. The summed E-state index contributed by atoms with van der Waals surface area (Å²) in [5.74, 6) is 1.01. The van der Waals surface area contributed by atoms with Crippen LogP contribution in [0.15, 0.2) is 66.7 Å². The van der Waals surface area contributed by atoms with E-state index in [0.717, 1.165) is 59.2 Å². The Balaban J connectivity index is 0.000000154. The maximum atomic E-state index is 11.9. The maximum Gasteiger partial charge on any atom is 0.293 e. The van der Waals surface area contributed by atoms with Crippen molar-refractivity contribution in [3.05, 3.63) is 79.1 Å². The molecule has 1 aliphatic heterocycles. The summed E-state index contributed by atoms with van der Waals surface area (Å²) in [5.41, 5.74) is 0. The molecule has 7 rings (SSSR count). The number of carbonyl (C=O) groups is 2. The predicted octanol–water partition coefficient (Wildman–Crippen LogP) is 8.40. The number of carbonyl (C=O) groups excluding carboxylic acids is 2. The maximum absolute atomic E-state index is 11.9. The molecule has 12 nitrogen and oxygen atoms in total. The van der Waals surface area contributed by atoms with Gasteiger partial charge in [-0.2, -0.15) is 18.7 Å². The lowest BCUT2D eigenvalue weighted by molar-refractivity contribution is -0.0334. The highest BCUT2D eigenvalue weighted by molar-refractivity contribution is 9.10. The zero-order valence-corrected chi connectivity index (χ0v) is 30.5. The number of hydrogen-bond acceptors (Lipinski definition) is 14. The number of amides is 2. The Morgan fingerprint density at radius 2 is 1.07 bits per heavy atom. The van der Waals surface area contributed by atoms with Crippen molar-refractivity contribution >= 4 is 99.7 Å². The first-order valence-corrected chi connectivity index (χ1v) is 18.1. The monoisotopic (exact) mass is 826 g/mol. The van der Waals surface area contributed by atoms with E-state index in [9.17, 15) is 9.59 Å². The molecule has 1 aliphatic rings. The number of aromatic nitrogens is 4. The molecule has 0 bridgehead atoms. The number of nitrogens with one attached hydrogen (secondary N) is 2. The van der Waals surface area contributed by atoms with Crippen molar-refractivity contribution in [2.45, 2.75) is 13.8 Å². The van der Waals surface area contributed by atoms with E-state index >= 15 is 0 Å². The van der Waals surface area contributed by atoms with Gasteiger partial charge in [0.05, 0.1) is 36.2 Å². The second-order valence-electron chi connectivity index (χ2n) is 9.01. The molecule has 2 amide bonds. The van der Waals surface area contributed by atoms with Gasteiger partial charge < -0.3 is 18.3 Å². The van der Waals surface area contributed by atoms with Crippen LogP contribution in [0.5, 0.6) is 0 Å². The van der Waals surface area contributed by atoms with Crippen LogP contribution in [0, 0.1) is 13.8 Å². The summed E-state index contributed by atoms with van der Waals surface area (Å²) >= 11 is 11.8. The molecule has 18 heteroatoms. The molecule has 2 N–H and O–H groups in total. The number of anilines is 2. The van der Waals surface area contributed by atoms with Crippen molar-refractivity contribution in [1.82, 2.24) is 18.7 Å². The lowest BCUT2D eigenvalue weighted by atomic mass is 10.4. The Morgan fingerprint density at radius 1 is 0.652 bits per heavy atom. The standard InChI is InChI=1S/2C12H8BrN3O2S2.C4H8O2/c2*1-6-2-4-8(19-6)10-14-12(20-16-10)15-11(17)7-3-5-9(13)18-7;1-2-6-4-3-5-1/h2*2-5H,1H3,(H,14,15,16,17);1-4H2. The SMILES string of the molecule is C1COCCO1.Cc1ccc(-c2nsc(NC(=O)c3ccc(Br)o3)n2)s1.Cc1ccc(-c2nsc(NC(=O)c3ccc(Br)o3)n2)s1. The van der Waals surface area contributed by atoms with Crippen LogP contribution in [0.2, 0.25) is 0 Å². The highest BCUT2D eigenvalue weighted by Gasteiger charge is 2.16. The van der Waals surface area contributed by atoms with Gasteiger partial charge in [0.1, 0.15) is 0 Å². The summed E-state index contributed by atoms with van der Waals surface area (Å²) in [4.78, 5) is 36.7. The average Bonchev–Trinajstić information content (AvgIpc) is 3.89. The lowest BCUT2D eigenvalue weighted by Gasteiger charge is -2.09. The Kier molecular flexibility index (Phi) is 12.4. The predicted molar refractivity (Wildman–Crippen MR) is 186 cm³/mol. The number of ether oxygens (including phenoxy) is 2. The summed E-state index contributed by atoms with van der Waals surface area (Å²) in [6.45, 7) is 7.16. The summed E-state index contributed by atoms with van der Waals surface area (Å²) in [7, 11) is 0. The van der Waals surface area contributed by atoms with E-state index in [2.05, 4.69) is 61.2 Å². The van der Waals surface area contributed by atoms with Crippen LogP contribution in [-0.4, -0.2) is 57.0 Å². The molecular formula is C28H24Br2N6O6S4. The zero-order chi connectivity index (χ0) is 32.5. The van der Waals surface area contributed by atoms with Gasteiger partial charge in [-0.3, -0.25) is 20.2 Å². The van der Waals surface area contributed by atoms with Gasteiger partial charge in [0.2, 0.25) is 10.3 Å². The molecule has 240 valence electrons. The molecule has 1 saturated heterocycles. The van der Waals surface area contributed by atoms with Crippen LogP contribution >= 0.6 is 77.6 Å². The number of furan rings is 2. The van der Waals surface area contributed by atoms with E-state index in [1.165, 1.54) is 9.75 Å². The third-order valence-corrected chi connectivity index (χ3v) is 9.66. The minimum Gasteiger partial charge on any atom is -0.444 e. The Bertz CT molecular complexity index is 1750. The van der Waals surface area contributed by atoms with Crippen LogP contribution in [0.4, 0.5) is 10.3 Å². The van der Waals surface area contributed by atoms with Gasteiger partial charge >= 0.3 is 0 Å². The molecule has 0 radical (unpaired) electrons. The average molecular weight is 829 g/mol. The topological polar surface area (TPSA) is 154 Å². The van der Waals surface area contributed by atoms with E-state index in [1.54, 1.807) is 46.9 Å². The second kappa shape index (κ2) is 16.6. The zero-order valence-electron chi connectivity index (χ0n) is 24.1. The fraction of sp³-hybridized carbons (Fsp3) is 0.214. The van der Waals surface area contributed by atoms with Gasteiger partial charge in [-0.25, -0.2) is 0 Å². The van der Waals surface area contributed by atoms with Gasteiger partial charge in [0, 0.05) is 32.8 Å². The van der Waals surface area contributed by atoms with E-state index in [1.807, 2.05) is 38.1 Å². The van der Waals surface area contributed by atoms with Crippen molar-refractivity contribution in [2.24, 2.45) is 0 Å². The van der Waals surface area contributed by atoms with Crippen LogP contribution in [0.25, 0.3) is 21.4 Å². The first-order chi connectivity index (χ1) is 22.2. The number of rotatable bonds is 6. The number of halogens is 2. The first kappa shape index (κ1) is 34.2. The van der Waals surface area contributed by atoms with Crippen molar-refractivity contribution in [1.29, 1.82) is 0 Å². The van der Waals surface area contributed by atoms with E-state index in [4.69, 9.17) is 18.3 Å². The molecule has 6 aromatic heterocycles. The molecule has 0 saturated carbocycles. The van der Waals surface area contributed by atoms with E-state index in [0.29, 0.717) is 31.3 Å². The first-order valence-electron chi connectivity index (χ1n) is 13.3. The highest BCUT2D eigenvalue weighted by Crippen LogP contribution is 2.29. The molecule has 46 heavy (non-hydrogen) atoms. The highest BCUT2D eigenvalue weighted by atomic mass is 79.9. The molecule has 0 unspecified atom stereocenters. The molecule has 0 aliphatic carbocycles. The number of nitrogens with zero attached hydrogens (tertiary/aromatic N) is 4. The van der Waals surface area contributed by atoms with Crippen molar-refractivity contribution in [2.75, 3.05) is 37.1 Å². The largest absolute Gasteiger partial charge is 0.444 e. The minimum atomic E-state index is -0.347. The third-order valence-electron chi connectivity index (χ3n) is 5.55. The Labute approximate surface area is 295 Å².